The van der Waals surface area contributed by atoms with Crippen LogP contribution in [0.2, 0.25) is 15.1 Å². The van der Waals surface area contributed by atoms with E-state index in [4.69, 9.17) is 39.2 Å². The fourth-order valence-corrected chi connectivity index (χ4v) is 5.64. The Bertz CT molecular complexity index is 1760. The van der Waals surface area contributed by atoms with Crippen molar-refractivity contribution in [3.63, 3.8) is 0 Å². The van der Waals surface area contributed by atoms with Crippen molar-refractivity contribution in [2.45, 2.75) is 31.8 Å². The van der Waals surface area contributed by atoms with Gasteiger partial charge >= 0.3 is 11.8 Å². The van der Waals surface area contributed by atoms with Gasteiger partial charge in [-0.25, -0.2) is 13.8 Å². The third-order valence-electron chi connectivity index (χ3n) is 6.01. The molecule has 0 fully saturated rings. The first-order valence-electron chi connectivity index (χ1n) is 12.4. The number of aryl methyl sites for hydroxylation is 2. The predicted molar refractivity (Wildman–Crippen MR) is 163 cm³/mol. The van der Waals surface area contributed by atoms with E-state index in [2.05, 4.69) is 15.8 Å². The third kappa shape index (κ3) is 7.99. The van der Waals surface area contributed by atoms with Crippen LogP contribution >= 0.6 is 34.8 Å². The molecular formula is C29H25Cl3N4O5S. The number of anilines is 1. The number of benzene rings is 3. The monoisotopic (exact) mass is 646 g/mol. The number of rotatable bonds is 9. The van der Waals surface area contributed by atoms with Crippen LogP contribution in [-0.4, -0.2) is 30.8 Å². The molecule has 42 heavy (non-hydrogen) atoms. The standard InChI is InChI=1S/C29H25Cl3N4O5S/c1-18-3-4-19(2)27(13-18)34-28(37)29(38)35-33-15-22-8-9-23(41-22)17-36(16-20-5-12-25(31)26(32)14-20)42(39,40)24-10-6-21(30)7-11-24/h3-15H,16-17H2,1-2H3,(H,34,37)(H,35,38)/b33-15+. The molecule has 0 saturated heterocycles. The van der Waals surface area contributed by atoms with Crippen LogP contribution in [0.5, 0.6) is 0 Å². The van der Waals surface area contributed by atoms with Crippen molar-refractivity contribution in [1.82, 2.24) is 9.73 Å². The van der Waals surface area contributed by atoms with Gasteiger partial charge in [0.1, 0.15) is 11.5 Å². The molecule has 4 rings (SSSR count). The van der Waals surface area contributed by atoms with E-state index in [1.807, 2.05) is 26.0 Å². The second-order valence-electron chi connectivity index (χ2n) is 9.25. The number of nitrogens with one attached hydrogen (secondary N) is 2. The smallest absolute Gasteiger partial charge is 0.329 e. The molecule has 3 aromatic carbocycles. The van der Waals surface area contributed by atoms with Crippen LogP contribution in [0.4, 0.5) is 5.69 Å². The minimum absolute atomic E-state index is 0.0302. The van der Waals surface area contributed by atoms with E-state index in [-0.39, 0.29) is 23.7 Å². The number of nitrogens with zero attached hydrogens (tertiary/aromatic N) is 2. The number of hydrogen-bond acceptors (Lipinski definition) is 6. The Kier molecular flexibility index (Phi) is 10.1. The number of carbonyl (C=O) groups is 2. The van der Waals surface area contributed by atoms with E-state index in [1.165, 1.54) is 34.8 Å². The average molecular weight is 648 g/mol. The Labute approximate surface area is 258 Å². The Morgan fingerprint density at radius 2 is 1.62 bits per heavy atom. The summed E-state index contributed by atoms with van der Waals surface area (Å²) in [6.45, 7) is 3.52. The van der Waals surface area contributed by atoms with Crippen molar-refractivity contribution in [2.75, 3.05) is 5.32 Å². The topological polar surface area (TPSA) is 121 Å². The summed E-state index contributed by atoms with van der Waals surface area (Å²) in [7, 11) is -3.99. The number of sulfonamides is 1. The summed E-state index contributed by atoms with van der Waals surface area (Å²) in [4.78, 5) is 24.5. The highest BCUT2D eigenvalue weighted by atomic mass is 35.5. The summed E-state index contributed by atoms with van der Waals surface area (Å²) < 4.78 is 34.1. The Hall–Kier alpha value is -3.67. The molecule has 0 aliphatic heterocycles. The second-order valence-corrected chi connectivity index (χ2v) is 12.4. The Morgan fingerprint density at radius 1 is 0.881 bits per heavy atom. The first-order chi connectivity index (χ1) is 19.9. The van der Waals surface area contributed by atoms with Crippen LogP contribution in [-0.2, 0) is 32.7 Å². The summed E-state index contributed by atoms with van der Waals surface area (Å²) >= 11 is 18.1. The molecule has 0 saturated carbocycles. The highest BCUT2D eigenvalue weighted by Gasteiger charge is 2.26. The first kappa shape index (κ1) is 31.3. The zero-order valence-electron chi connectivity index (χ0n) is 22.4. The predicted octanol–water partition coefficient (Wildman–Crippen LogP) is 6.34. The fraction of sp³-hybridized carbons (Fsp3) is 0.138. The van der Waals surface area contributed by atoms with Crippen molar-refractivity contribution < 1.29 is 22.4 Å². The zero-order valence-corrected chi connectivity index (χ0v) is 25.5. The van der Waals surface area contributed by atoms with Crippen molar-refractivity contribution in [3.05, 3.63) is 116 Å². The molecule has 0 unspecified atom stereocenters. The van der Waals surface area contributed by atoms with Crippen LogP contribution in [0.25, 0.3) is 0 Å². The molecule has 1 aromatic heterocycles. The van der Waals surface area contributed by atoms with Gasteiger partial charge in [-0.3, -0.25) is 9.59 Å². The van der Waals surface area contributed by atoms with Crippen LogP contribution in [0, 0.1) is 13.8 Å². The van der Waals surface area contributed by atoms with Crippen LogP contribution < -0.4 is 10.7 Å². The maximum absolute atomic E-state index is 13.6. The summed E-state index contributed by atoms with van der Waals surface area (Å²) in [5, 5.41) is 7.36. The Balaban J connectivity index is 1.46. The number of halogens is 3. The van der Waals surface area contributed by atoms with Gasteiger partial charge in [-0.2, -0.15) is 9.41 Å². The lowest BCUT2D eigenvalue weighted by molar-refractivity contribution is -0.136. The number of carbonyl (C=O) groups excluding carboxylic acids is 2. The van der Waals surface area contributed by atoms with Gasteiger partial charge in [0.15, 0.2) is 0 Å². The number of furan rings is 1. The lowest BCUT2D eigenvalue weighted by Crippen LogP contribution is -2.32. The van der Waals surface area contributed by atoms with Gasteiger partial charge in [-0.15, -0.1) is 0 Å². The van der Waals surface area contributed by atoms with Gasteiger partial charge in [-0.1, -0.05) is 53.0 Å². The second kappa shape index (κ2) is 13.5. The number of hydrazone groups is 1. The molecule has 0 bridgehead atoms. The molecule has 4 aromatic rings. The van der Waals surface area contributed by atoms with E-state index in [0.717, 1.165) is 11.1 Å². The quantitative estimate of drug-likeness (QED) is 0.125. The molecule has 2 amide bonds. The lowest BCUT2D eigenvalue weighted by atomic mass is 10.1. The number of amides is 2. The molecular weight excluding hydrogens is 623 g/mol. The molecule has 218 valence electrons. The van der Waals surface area contributed by atoms with Gasteiger partial charge in [0.05, 0.1) is 27.7 Å². The third-order valence-corrected chi connectivity index (χ3v) is 8.81. The SMILES string of the molecule is Cc1ccc(C)c(NC(=O)C(=O)N/N=C/c2ccc(CN(Cc3ccc(Cl)c(Cl)c3)S(=O)(=O)c3ccc(Cl)cc3)o2)c1. The summed E-state index contributed by atoms with van der Waals surface area (Å²) in [5.74, 6) is -1.33. The zero-order chi connectivity index (χ0) is 30.4. The van der Waals surface area contributed by atoms with Gasteiger partial charge in [0.25, 0.3) is 0 Å². The van der Waals surface area contributed by atoms with Crippen molar-refractivity contribution in [1.29, 1.82) is 0 Å². The van der Waals surface area contributed by atoms with Crippen LogP contribution in [0.3, 0.4) is 0 Å². The summed E-state index contributed by atoms with van der Waals surface area (Å²) in [6.07, 6.45) is 1.20. The molecule has 0 radical (unpaired) electrons. The van der Waals surface area contributed by atoms with Gasteiger partial charge < -0.3 is 9.73 Å². The van der Waals surface area contributed by atoms with Crippen LogP contribution in [0.15, 0.2) is 87.2 Å². The fourth-order valence-electron chi connectivity index (χ4n) is 3.80. The van der Waals surface area contributed by atoms with E-state index < -0.39 is 21.8 Å². The molecule has 0 spiro atoms. The minimum Gasteiger partial charge on any atom is -0.459 e. The van der Waals surface area contributed by atoms with E-state index in [9.17, 15) is 18.0 Å². The van der Waals surface area contributed by atoms with Gasteiger partial charge in [-0.05, 0) is 85.1 Å². The largest absolute Gasteiger partial charge is 0.459 e. The van der Waals surface area contributed by atoms with Crippen molar-refractivity contribution in [3.8, 4) is 0 Å². The van der Waals surface area contributed by atoms with E-state index >= 15 is 0 Å². The van der Waals surface area contributed by atoms with Gasteiger partial charge in [0.2, 0.25) is 10.0 Å². The normalized spacial score (nSPS) is 11.7. The van der Waals surface area contributed by atoms with Crippen LogP contribution in [0.1, 0.15) is 28.2 Å². The molecule has 1 heterocycles. The van der Waals surface area contributed by atoms with Crippen molar-refractivity contribution >= 4 is 68.5 Å². The maximum atomic E-state index is 13.6. The lowest BCUT2D eigenvalue weighted by Gasteiger charge is -2.22. The molecule has 0 aliphatic rings. The highest BCUT2D eigenvalue weighted by molar-refractivity contribution is 7.89. The summed E-state index contributed by atoms with van der Waals surface area (Å²) in [6, 6.07) is 19.3. The maximum Gasteiger partial charge on any atom is 0.329 e. The average Bonchev–Trinajstić information content (AvgIpc) is 3.39. The van der Waals surface area contributed by atoms with Crippen molar-refractivity contribution in [2.24, 2.45) is 5.10 Å². The molecule has 13 heteroatoms. The molecule has 9 nitrogen and oxygen atoms in total. The molecule has 0 aliphatic carbocycles. The van der Waals surface area contributed by atoms with Gasteiger partial charge in [0, 0.05) is 17.3 Å². The molecule has 2 N–H and O–H groups in total. The number of hydrogen-bond donors (Lipinski definition) is 2. The summed E-state index contributed by atoms with van der Waals surface area (Å²) in [5.41, 5.74) is 5.01. The Morgan fingerprint density at radius 3 is 2.33 bits per heavy atom. The highest BCUT2D eigenvalue weighted by Crippen LogP contribution is 2.27. The van der Waals surface area contributed by atoms with E-state index in [1.54, 1.807) is 36.4 Å². The molecule has 0 atom stereocenters. The first-order valence-corrected chi connectivity index (χ1v) is 15.0. The minimum atomic E-state index is -3.99. The van der Waals surface area contributed by atoms with E-state index in [0.29, 0.717) is 32.1 Å².